The summed E-state index contributed by atoms with van der Waals surface area (Å²) in [4.78, 5) is 6.07. The molecule has 1 heterocycles. The van der Waals surface area contributed by atoms with E-state index in [2.05, 4.69) is 63.3 Å². The number of nitrogens with one attached hydrogen (secondary N) is 1. The molecule has 2 nitrogen and oxygen atoms in total. The molecule has 0 aliphatic heterocycles. The minimum absolute atomic E-state index is 0.0835. The molecule has 2 rings (SSSR count). The molecule has 19 heavy (non-hydrogen) atoms. The lowest BCUT2D eigenvalue weighted by Crippen LogP contribution is -2.41. The summed E-state index contributed by atoms with van der Waals surface area (Å²) in [5, 5.41) is 4.80. The van der Waals surface area contributed by atoms with Gasteiger partial charge in [0.15, 0.2) is 0 Å². The topological polar surface area (TPSA) is 24.9 Å². The number of rotatable bonds is 5. The van der Waals surface area contributed by atoms with Gasteiger partial charge in [-0.2, -0.15) is 0 Å². The first kappa shape index (κ1) is 14.2. The van der Waals surface area contributed by atoms with Gasteiger partial charge in [0, 0.05) is 4.88 Å². The van der Waals surface area contributed by atoms with Crippen LogP contribution in [0.5, 0.6) is 0 Å². The Morgan fingerprint density at radius 2 is 1.89 bits per heavy atom. The van der Waals surface area contributed by atoms with Gasteiger partial charge in [0.2, 0.25) is 0 Å². The van der Waals surface area contributed by atoms with Crippen LogP contribution in [0.4, 0.5) is 0 Å². The van der Waals surface area contributed by atoms with Gasteiger partial charge in [0.05, 0.1) is 11.2 Å². The van der Waals surface area contributed by atoms with Gasteiger partial charge in [-0.15, -0.1) is 11.3 Å². The number of likely N-dealkylation sites (N-methyl/N-ethyl adjacent to an activating group) is 1. The monoisotopic (exact) mass is 274 g/mol. The van der Waals surface area contributed by atoms with Crippen LogP contribution in [-0.4, -0.2) is 11.5 Å². The second kappa shape index (κ2) is 5.85. The maximum Gasteiger partial charge on any atom is 0.113 e. The molecular weight excluding hydrogens is 252 g/mol. The molecule has 1 aromatic heterocycles. The van der Waals surface area contributed by atoms with E-state index in [1.165, 1.54) is 15.4 Å². The number of thiazole rings is 1. The Balaban J connectivity index is 2.31. The quantitative estimate of drug-likeness (QED) is 0.896. The molecule has 0 radical (unpaired) electrons. The molecule has 1 N–H and O–H groups in total. The van der Waals surface area contributed by atoms with Gasteiger partial charge in [-0.25, -0.2) is 4.98 Å². The summed E-state index contributed by atoms with van der Waals surface area (Å²) in [7, 11) is 0. The molecule has 0 saturated carbocycles. The Kier molecular flexibility index (Phi) is 4.38. The molecule has 0 amide bonds. The predicted molar refractivity (Wildman–Crippen MR) is 82.8 cm³/mol. The van der Waals surface area contributed by atoms with E-state index in [0.29, 0.717) is 0 Å². The van der Waals surface area contributed by atoms with Crippen LogP contribution in [-0.2, 0) is 12.0 Å². The number of hydrogen-bond donors (Lipinski definition) is 1. The van der Waals surface area contributed by atoms with E-state index in [0.717, 1.165) is 18.7 Å². The van der Waals surface area contributed by atoms with Gasteiger partial charge in [-0.3, -0.25) is 0 Å². The first-order valence-electron chi connectivity index (χ1n) is 6.78. The zero-order chi connectivity index (χ0) is 13.9. The minimum atomic E-state index is -0.0835. The van der Waals surface area contributed by atoms with E-state index in [-0.39, 0.29) is 5.54 Å². The van der Waals surface area contributed by atoms with Crippen molar-refractivity contribution in [3.05, 3.63) is 51.5 Å². The highest BCUT2D eigenvalue weighted by molar-refractivity contribution is 7.11. The third kappa shape index (κ3) is 3.23. The van der Waals surface area contributed by atoms with Crippen molar-refractivity contribution >= 4 is 11.3 Å². The maximum absolute atomic E-state index is 4.75. The van der Waals surface area contributed by atoms with E-state index in [1.54, 1.807) is 11.3 Å². The number of benzene rings is 1. The number of nitrogens with zero attached hydrogens (tertiary/aromatic N) is 1. The number of hydrogen-bond acceptors (Lipinski definition) is 3. The average Bonchev–Trinajstić information content (AvgIpc) is 2.72. The normalized spacial score (nSPS) is 14.3. The molecule has 0 aliphatic rings. The lowest BCUT2D eigenvalue weighted by atomic mass is 9.93. The Morgan fingerprint density at radius 1 is 1.21 bits per heavy atom. The molecule has 0 spiro atoms. The molecule has 1 atom stereocenters. The predicted octanol–water partition coefficient (Wildman–Crippen LogP) is 3.83. The largest absolute Gasteiger partial charge is 0.306 e. The zero-order valence-electron chi connectivity index (χ0n) is 12.2. The second-order valence-corrected chi connectivity index (χ2v) is 6.39. The first-order chi connectivity index (χ1) is 9.05. The van der Waals surface area contributed by atoms with E-state index in [4.69, 9.17) is 4.98 Å². The summed E-state index contributed by atoms with van der Waals surface area (Å²) in [5.41, 5.74) is 2.41. The fraction of sp³-hybridized carbons (Fsp3) is 0.438. The standard InChI is InChI=1S/C16H22N2S/c1-5-17-16(4,11-14-9-7-6-8-10-14)15-18-12(2)13(3)19-15/h6-10,17H,5,11H2,1-4H3. The molecule has 3 heteroatoms. The highest BCUT2D eigenvalue weighted by atomic mass is 32.1. The maximum atomic E-state index is 4.75. The molecule has 0 bridgehead atoms. The van der Waals surface area contributed by atoms with Gasteiger partial charge in [0.25, 0.3) is 0 Å². The van der Waals surface area contributed by atoms with E-state index < -0.39 is 0 Å². The molecule has 0 fully saturated rings. The van der Waals surface area contributed by atoms with Crippen molar-refractivity contribution in [3.8, 4) is 0 Å². The molecule has 2 aromatic rings. The van der Waals surface area contributed by atoms with Gasteiger partial charge in [-0.1, -0.05) is 37.3 Å². The van der Waals surface area contributed by atoms with Crippen molar-refractivity contribution in [2.45, 2.75) is 39.7 Å². The van der Waals surface area contributed by atoms with Crippen LogP contribution in [0.2, 0.25) is 0 Å². The van der Waals surface area contributed by atoms with Crippen LogP contribution >= 0.6 is 11.3 Å². The van der Waals surface area contributed by atoms with E-state index >= 15 is 0 Å². The number of aromatic nitrogens is 1. The summed E-state index contributed by atoms with van der Waals surface area (Å²) < 4.78 is 0. The van der Waals surface area contributed by atoms with Gasteiger partial charge < -0.3 is 5.32 Å². The summed E-state index contributed by atoms with van der Waals surface area (Å²) in [6, 6.07) is 10.6. The third-order valence-electron chi connectivity index (χ3n) is 3.47. The first-order valence-corrected chi connectivity index (χ1v) is 7.60. The van der Waals surface area contributed by atoms with E-state index in [1.807, 2.05) is 0 Å². The second-order valence-electron chi connectivity index (χ2n) is 5.19. The van der Waals surface area contributed by atoms with Crippen molar-refractivity contribution in [2.75, 3.05) is 6.54 Å². The van der Waals surface area contributed by atoms with Crippen molar-refractivity contribution in [1.29, 1.82) is 0 Å². The summed E-state index contributed by atoms with van der Waals surface area (Å²) in [6.07, 6.45) is 0.966. The van der Waals surface area contributed by atoms with Gasteiger partial charge in [-0.05, 0) is 39.3 Å². The molecule has 102 valence electrons. The third-order valence-corrected chi connectivity index (χ3v) is 4.80. The Hall–Kier alpha value is -1.19. The van der Waals surface area contributed by atoms with Crippen molar-refractivity contribution in [1.82, 2.24) is 10.3 Å². The molecule has 0 saturated heterocycles. The number of aryl methyl sites for hydroxylation is 2. The van der Waals surface area contributed by atoms with E-state index in [9.17, 15) is 0 Å². The SMILES string of the molecule is CCNC(C)(Cc1ccccc1)c1nc(C)c(C)s1. The van der Waals surface area contributed by atoms with Crippen molar-refractivity contribution in [2.24, 2.45) is 0 Å². The Labute approximate surface area is 119 Å². The smallest absolute Gasteiger partial charge is 0.113 e. The zero-order valence-corrected chi connectivity index (χ0v) is 13.0. The fourth-order valence-electron chi connectivity index (χ4n) is 2.32. The molecular formula is C16H22N2S. The lowest BCUT2D eigenvalue weighted by molar-refractivity contribution is 0.371. The molecule has 1 aromatic carbocycles. The van der Waals surface area contributed by atoms with Crippen LogP contribution in [0.25, 0.3) is 0 Å². The van der Waals surface area contributed by atoms with Crippen LogP contribution in [0, 0.1) is 13.8 Å². The van der Waals surface area contributed by atoms with Crippen LogP contribution < -0.4 is 5.32 Å². The van der Waals surface area contributed by atoms with Crippen LogP contribution in [0.1, 0.15) is 35.0 Å². The lowest BCUT2D eigenvalue weighted by Gasteiger charge is -2.28. The highest BCUT2D eigenvalue weighted by Crippen LogP contribution is 2.30. The molecule has 1 unspecified atom stereocenters. The van der Waals surface area contributed by atoms with Crippen LogP contribution in [0.3, 0.4) is 0 Å². The summed E-state index contributed by atoms with van der Waals surface area (Å²) in [6.45, 7) is 9.58. The molecule has 0 aliphatic carbocycles. The average molecular weight is 274 g/mol. The fourth-order valence-corrected chi connectivity index (χ4v) is 3.35. The van der Waals surface area contributed by atoms with Gasteiger partial charge >= 0.3 is 0 Å². The summed E-state index contributed by atoms with van der Waals surface area (Å²) >= 11 is 1.81. The minimum Gasteiger partial charge on any atom is -0.306 e. The Morgan fingerprint density at radius 3 is 2.42 bits per heavy atom. The summed E-state index contributed by atoms with van der Waals surface area (Å²) in [5.74, 6) is 0. The van der Waals surface area contributed by atoms with Gasteiger partial charge in [0.1, 0.15) is 5.01 Å². The van der Waals surface area contributed by atoms with Crippen molar-refractivity contribution < 1.29 is 0 Å². The van der Waals surface area contributed by atoms with Crippen LogP contribution in [0.15, 0.2) is 30.3 Å². The van der Waals surface area contributed by atoms with Crippen molar-refractivity contribution in [3.63, 3.8) is 0 Å². The highest BCUT2D eigenvalue weighted by Gasteiger charge is 2.29. The Bertz CT molecular complexity index is 513.